The third kappa shape index (κ3) is 3.35. The third-order valence-corrected chi connectivity index (χ3v) is 2.89. The van der Waals surface area contributed by atoms with Gasteiger partial charge in [-0.3, -0.25) is 0 Å². The highest BCUT2D eigenvalue weighted by molar-refractivity contribution is 6.34. The molecular formula is C12H14ClNO3. The molecule has 1 aliphatic rings. The summed E-state index contributed by atoms with van der Waals surface area (Å²) >= 11 is 5.88. The smallest absolute Gasteiger partial charge is 0.343 e. The van der Waals surface area contributed by atoms with E-state index >= 15 is 0 Å². The minimum Gasteiger partial charge on any atom is -0.435 e. The summed E-state index contributed by atoms with van der Waals surface area (Å²) in [5.74, 6) is 0.0861. The molecule has 2 N–H and O–H groups in total. The molecule has 0 spiro atoms. The van der Waals surface area contributed by atoms with Crippen LogP contribution in [-0.4, -0.2) is 19.4 Å². The van der Waals surface area contributed by atoms with Gasteiger partial charge in [-0.1, -0.05) is 17.7 Å². The van der Waals surface area contributed by atoms with Crippen molar-refractivity contribution in [3.05, 3.63) is 28.8 Å². The molecule has 0 aliphatic heterocycles. The fourth-order valence-corrected chi connectivity index (χ4v) is 1.68. The van der Waals surface area contributed by atoms with Crippen LogP contribution in [0, 0.1) is 5.92 Å². The van der Waals surface area contributed by atoms with Gasteiger partial charge in [0.2, 0.25) is 0 Å². The maximum atomic E-state index is 11.7. The second kappa shape index (κ2) is 5.38. The molecule has 0 atom stereocenters. The van der Waals surface area contributed by atoms with E-state index < -0.39 is 5.97 Å². The van der Waals surface area contributed by atoms with Gasteiger partial charge in [0, 0.05) is 5.69 Å². The first-order valence-corrected chi connectivity index (χ1v) is 5.85. The number of nitrogen functional groups attached to an aromatic ring is 1. The van der Waals surface area contributed by atoms with Crippen molar-refractivity contribution < 1.29 is 14.3 Å². The molecule has 0 aromatic heterocycles. The van der Waals surface area contributed by atoms with Gasteiger partial charge in [0.15, 0.2) is 6.79 Å². The van der Waals surface area contributed by atoms with Crippen LogP contribution in [0.2, 0.25) is 5.02 Å². The summed E-state index contributed by atoms with van der Waals surface area (Å²) in [6, 6.07) is 4.88. The average molecular weight is 256 g/mol. The van der Waals surface area contributed by atoms with Crippen molar-refractivity contribution in [2.75, 3.05) is 19.1 Å². The SMILES string of the molecule is Nc1cccc(Cl)c1C(=O)OCOCC1CC1. The minimum absolute atomic E-state index is 0.0556. The van der Waals surface area contributed by atoms with Crippen LogP contribution in [0.3, 0.4) is 0 Å². The Hall–Kier alpha value is -1.26. The van der Waals surface area contributed by atoms with E-state index in [9.17, 15) is 4.79 Å². The molecular weight excluding hydrogens is 242 g/mol. The molecule has 0 radical (unpaired) electrons. The number of carbonyl (C=O) groups is 1. The van der Waals surface area contributed by atoms with Crippen LogP contribution >= 0.6 is 11.6 Å². The molecule has 0 heterocycles. The average Bonchev–Trinajstić information content (AvgIpc) is 3.08. The molecule has 0 bridgehead atoms. The minimum atomic E-state index is -0.552. The monoisotopic (exact) mass is 255 g/mol. The summed E-state index contributed by atoms with van der Waals surface area (Å²) in [7, 11) is 0. The van der Waals surface area contributed by atoms with Crippen molar-refractivity contribution in [2.24, 2.45) is 5.92 Å². The summed E-state index contributed by atoms with van der Waals surface area (Å²) in [6.45, 7) is 0.589. The first-order valence-electron chi connectivity index (χ1n) is 5.47. The molecule has 92 valence electrons. The van der Waals surface area contributed by atoms with Gasteiger partial charge >= 0.3 is 5.97 Å². The first kappa shape index (κ1) is 12.2. The number of ether oxygens (including phenoxy) is 2. The maximum Gasteiger partial charge on any atom is 0.343 e. The Balaban J connectivity index is 1.85. The van der Waals surface area contributed by atoms with Crippen LogP contribution in [0.5, 0.6) is 0 Å². The van der Waals surface area contributed by atoms with Crippen molar-refractivity contribution in [3.8, 4) is 0 Å². The Morgan fingerprint density at radius 2 is 2.24 bits per heavy atom. The lowest BCUT2D eigenvalue weighted by Crippen LogP contribution is -2.12. The molecule has 4 nitrogen and oxygen atoms in total. The van der Waals surface area contributed by atoms with E-state index in [-0.39, 0.29) is 17.4 Å². The first-order chi connectivity index (χ1) is 8.18. The zero-order chi connectivity index (χ0) is 12.3. The molecule has 17 heavy (non-hydrogen) atoms. The molecule has 2 rings (SSSR count). The quantitative estimate of drug-likeness (QED) is 0.380. The van der Waals surface area contributed by atoms with Gasteiger partial charge in [0.05, 0.1) is 11.6 Å². The van der Waals surface area contributed by atoms with Crippen LogP contribution in [0.25, 0.3) is 0 Å². The van der Waals surface area contributed by atoms with Crippen molar-refractivity contribution in [1.29, 1.82) is 0 Å². The number of halogens is 1. The Kier molecular flexibility index (Phi) is 3.86. The normalized spacial score (nSPS) is 14.6. The summed E-state index contributed by atoms with van der Waals surface area (Å²) in [6.07, 6.45) is 2.40. The number of hydrogen-bond acceptors (Lipinski definition) is 4. The van der Waals surface area contributed by atoms with Crippen molar-refractivity contribution in [2.45, 2.75) is 12.8 Å². The second-order valence-corrected chi connectivity index (χ2v) is 4.48. The van der Waals surface area contributed by atoms with Crippen molar-refractivity contribution >= 4 is 23.3 Å². The fourth-order valence-electron chi connectivity index (χ4n) is 1.42. The molecule has 1 saturated carbocycles. The van der Waals surface area contributed by atoms with Crippen LogP contribution in [-0.2, 0) is 9.47 Å². The number of rotatable bonds is 5. The zero-order valence-electron chi connectivity index (χ0n) is 9.32. The van der Waals surface area contributed by atoms with E-state index in [1.54, 1.807) is 18.2 Å². The number of anilines is 1. The highest BCUT2D eigenvalue weighted by atomic mass is 35.5. The molecule has 0 unspecified atom stereocenters. The van der Waals surface area contributed by atoms with Gasteiger partial charge in [-0.25, -0.2) is 4.79 Å². The highest BCUT2D eigenvalue weighted by Gasteiger charge is 2.21. The third-order valence-electron chi connectivity index (χ3n) is 2.57. The fraction of sp³-hybridized carbons (Fsp3) is 0.417. The molecule has 0 saturated heterocycles. The van der Waals surface area contributed by atoms with Crippen LogP contribution in [0.15, 0.2) is 18.2 Å². The van der Waals surface area contributed by atoms with E-state index in [0.29, 0.717) is 18.2 Å². The number of benzene rings is 1. The van der Waals surface area contributed by atoms with Gasteiger partial charge in [-0.15, -0.1) is 0 Å². The summed E-state index contributed by atoms with van der Waals surface area (Å²) in [5.41, 5.74) is 6.17. The Morgan fingerprint density at radius 3 is 2.88 bits per heavy atom. The van der Waals surface area contributed by atoms with E-state index in [1.807, 2.05) is 0 Å². The largest absolute Gasteiger partial charge is 0.435 e. The van der Waals surface area contributed by atoms with Crippen molar-refractivity contribution in [1.82, 2.24) is 0 Å². The van der Waals surface area contributed by atoms with Crippen LogP contribution in [0.1, 0.15) is 23.2 Å². The van der Waals surface area contributed by atoms with E-state index in [2.05, 4.69) is 0 Å². The van der Waals surface area contributed by atoms with Crippen LogP contribution in [0.4, 0.5) is 5.69 Å². The lowest BCUT2D eigenvalue weighted by molar-refractivity contribution is -0.0343. The van der Waals surface area contributed by atoms with E-state index in [1.165, 1.54) is 12.8 Å². The van der Waals surface area contributed by atoms with Gasteiger partial charge < -0.3 is 15.2 Å². The van der Waals surface area contributed by atoms with Crippen LogP contribution < -0.4 is 5.73 Å². The Bertz CT molecular complexity index is 398. The predicted octanol–water partition coefficient (Wildman–Crippen LogP) is 2.46. The standard InChI is InChI=1S/C12H14ClNO3/c13-9-2-1-3-10(14)11(9)12(15)17-7-16-6-8-4-5-8/h1-3,8H,4-7,14H2. The summed E-state index contributed by atoms with van der Waals surface area (Å²) in [5, 5.41) is 0.289. The van der Waals surface area contributed by atoms with Gasteiger partial charge in [0.1, 0.15) is 5.56 Å². The second-order valence-electron chi connectivity index (χ2n) is 4.07. The number of carbonyl (C=O) groups excluding carboxylic acids is 1. The summed E-state index contributed by atoms with van der Waals surface area (Å²) < 4.78 is 10.1. The van der Waals surface area contributed by atoms with E-state index in [0.717, 1.165) is 0 Å². The molecule has 5 heteroatoms. The molecule has 1 aromatic carbocycles. The highest BCUT2D eigenvalue weighted by Crippen LogP contribution is 2.28. The Morgan fingerprint density at radius 1 is 1.47 bits per heavy atom. The number of hydrogen-bond donors (Lipinski definition) is 1. The number of nitrogens with two attached hydrogens (primary N) is 1. The molecule has 1 aliphatic carbocycles. The lowest BCUT2D eigenvalue weighted by Gasteiger charge is -2.08. The topological polar surface area (TPSA) is 61.6 Å². The van der Waals surface area contributed by atoms with Gasteiger partial charge in [-0.05, 0) is 30.9 Å². The van der Waals surface area contributed by atoms with Crippen molar-refractivity contribution in [3.63, 3.8) is 0 Å². The lowest BCUT2D eigenvalue weighted by atomic mass is 10.2. The predicted molar refractivity (Wildman–Crippen MR) is 64.8 cm³/mol. The zero-order valence-corrected chi connectivity index (χ0v) is 10.1. The summed E-state index contributed by atoms with van der Waals surface area (Å²) in [4.78, 5) is 11.7. The Labute approximate surface area is 105 Å². The molecule has 1 fully saturated rings. The van der Waals surface area contributed by atoms with E-state index in [4.69, 9.17) is 26.8 Å². The molecule has 1 aromatic rings. The maximum absolute atomic E-state index is 11.7. The number of esters is 1. The van der Waals surface area contributed by atoms with Gasteiger partial charge in [-0.2, -0.15) is 0 Å². The van der Waals surface area contributed by atoms with Gasteiger partial charge in [0.25, 0.3) is 0 Å². The molecule has 0 amide bonds.